The molecular formula is C19H29IN4O2. The van der Waals surface area contributed by atoms with Crippen molar-refractivity contribution < 1.29 is 9.15 Å². The molecule has 0 spiro atoms. The van der Waals surface area contributed by atoms with Gasteiger partial charge in [-0.1, -0.05) is 32.0 Å². The zero-order chi connectivity index (χ0) is 17.9. The predicted octanol–water partition coefficient (Wildman–Crippen LogP) is 3.69. The Bertz CT molecular complexity index is 644. The summed E-state index contributed by atoms with van der Waals surface area (Å²) >= 11 is 0. The molecule has 144 valence electrons. The first-order chi connectivity index (χ1) is 12.2. The number of halogens is 1. The number of nitrogens with zero attached hydrogens (tertiary/aromatic N) is 2. The van der Waals surface area contributed by atoms with Crippen molar-refractivity contribution in [2.24, 2.45) is 10.9 Å². The average molecular weight is 472 g/mol. The van der Waals surface area contributed by atoms with Crippen molar-refractivity contribution in [1.82, 2.24) is 15.6 Å². The number of guanidine groups is 1. The topological polar surface area (TPSA) is 71.7 Å². The van der Waals surface area contributed by atoms with Gasteiger partial charge in [0.25, 0.3) is 0 Å². The molecule has 26 heavy (non-hydrogen) atoms. The van der Waals surface area contributed by atoms with Gasteiger partial charge in [-0.2, -0.15) is 0 Å². The molecule has 0 radical (unpaired) electrons. The third-order valence-electron chi connectivity index (χ3n) is 3.31. The van der Waals surface area contributed by atoms with Crippen LogP contribution in [0, 0.1) is 5.92 Å². The Labute approximate surface area is 172 Å². The maximum absolute atomic E-state index is 5.57. The fraction of sp³-hybridized carbons (Fsp3) is 0.474. The van der Waals surface area contributed by atoms with Crippen LogP contribution in [0.4, 0.5) is 0 Å². The van der Waals surface area contributed by atoms with Gasteiger partial charge in [-0.15, -0.1) is 24.0 Å². The summed E-state index contributed by atoms with van der Waals surface area (Å²) in [5, 5.41) is 6.47. The summed E-state index contributed by atoms with van der Waals surface area (Å²) in [5.41, 5.74) is 1.76. The van der Waals surface area contributed by atoms with E-state index in [4.69, 9.17) is 9.15 Å². The summed E-state index contributed by atoms with van der Waals surface area (Å²) in [4.78, 5) is 9.03. The Morgan fingerprint density at radius 2 is 2.00 bits per heavy atom. The lowest BCUT2D eigenvalue weighted by Gasteiger charge is -2.11. The van der Waals surface area contributed by atoms with Gasteiger partial charge in [0.2, 0.25) is 5.89 Å². The third kappa shape index (κ3) is 8.18. The van der Waals surface area contributed by atoms with Crippen LogP contribution in [-0.2, 0) is 11.3 Å². The van der Waals surface area contributed by atoms with Gasteiger partial charge in [0, 0.05) is 25.3 Å². The molecule has 0 unspecified atom stereocenters. The van der Waals surface area contributed by atoms with Gasteiger partial charge in [0.05, 0.1) is 13.2 Å². The number of aromatic nitrogens is 1. The van der Waals surface area contributed by atoms with Gasteiger partial charge >= 0.3 is 0 Å². The molecule has 2 aromatic rings. The number of oxazole rings is 1. The maximum atomic E-state index is 5.57. The minimum atomic E-state index is 0. The fourth-order valence-electron chi connectivity index (χ4n) is 2.16. The first-order valence-corrected chi connectivity index (χ1v) is 8.78. The summed E-state index contributed by atoms with van der Waals surface area (Å²) in [6.45, 7) is 9.72. The van der Waals surface area contributed by atoms with Crippen LogP contribution in [0.5, 0.6) is 0 Å². The normalized spacial score (nSPS) is 11.3. The highest BCUT2D eigenvalue weighted by atomic mass is 127. The van der Waals surface area contributed by atoms with Gasteiger partial charge in [-0.25, -0.2) is 9.98 Å². The molecule has 0 amide bonds. The summed E-state index contributed by atoms with van der Waals surface area (Å²) in [5.74, 6) is 1.92. The van der Waals surface area contributed by atoms with Crippen molar-refractivity contribution in [1.29, 1.82) is 0 Å². The monoisotopic (exact) mass is 472 g/mol. The predicted molar refractivity (Wildman–Crippen MR) is 116 cm³/mol. The molecule has 6 nitrogen and oxygen atoms in total. The smallest absolute Gasteiger partial charge is 0.226 e. The number of rotatable bonds is 9. The SMILES string of the molecule is CCNC(=NCc1coc(-c2ccccc2)n1)NCCOCC(C)C.I. The Hall–Kier alpha value is -1.61. The maximum Gasteiger partial charge on any atom is 0.226 e. The van der Waals surface area contributed by atoms with Crippen molar-refractivity contribution in [3.63, 3.8) is 0 Å². The van der Waals surface area contributed by atoms with E-state index < -0.39 is 0 Å². The van der Waals surface area contributed by atoms with Crippen molar-refractivity contribution in [2.75, 3.05) is 26.3 Å². The lowest BCUT2D eigenvalue weighted by atomic mass is 10.2. The van der Waals surface area contributed by atoms with Gasteiger partial charge in [-0.05, 0) is 25.0 Å². The van der Waals surface area contributed by atoms with Gasteiger partial charge in [-0.3, -0.25) is 0 Å². The molecule has 7 heteroatoms. The van der Waals surface area contributed by atoms with E-state index in [-0.39, 0.29) is 24.0 Å². The van der Waals surface area contributed by atoms with Crippen LogP contribution in [0.2, 0.25) is 0 Å². The second-order valence-electron chi connectivity index (χ2n) is 6.10. The van der Waals surface area contributed by atoms with E-state index in [1.807, 2.05) is 37.3 Å². The molecule has 0 aliphatic heterocycles. The van der Waals surface area contributed by atoms with E-state index in [2.05, 4.69) is 34.5 Å². The summed E-state index contributed by atoms with van der Waals surface area (Å²) in [7, 11) is 0. The van der Waals surface area contributed by atoms with Crippen molar-refractivity contribution in [3.8, 4) is 11.5 Å². The molecule has 2 rings (SSSR count). The Morgan fingerprint density at radius 3 is 2.69 bits per heavy atom. The molecule has 0 atom stereocenters. The first kappa shape index (κ1) is 22.4. The molecule has 2 N–H and O–H groups in total. The zero-order valence-corrected chi connectivity index (χ0v) is 18.0. The van der Waals surface area contributed by atoms with Gasteiger partial charge in [0.15, 0.2) is 5.96 Å². The highest BCUT2D eigenvalue weighted by Crippen LogP contribution is 2.18. The lowest BCUT2D eigenvalue weighted by Crippen LogP contribution is -2.39. The number of ether oxygens (including phenoxy) is 1. The van der Waals surface area contributed by atoms with Crippen molar-refractivity contribution >= 4 is 29.9 Å². The first-order valence-electron chi connectivity index (χ1n) is 8.78. The largest absolute Gasteiger partial charge is 0.444 e. The highest BCUT2D eigenvalue weighted by molar-refractivity contribution is 14.0. The van der Waals surface area contributed by atoms with E-state index in [0.29, 0.717) is 31.5 Å². The molecule has 0 aliphatic rings. The second kappa shape index (κ2) is 12.7. The van der Waals surface area contributed by atoms with E-state index in [9.17, 15) is 0 Å². The summed E-state index contributed by atoms with van der Waals surface area (Å²) in [6, 6.07) is 9.85. The van der Waals surface area contributed by atoms with Gasteiger partial charge < -0.3 is 19.8 Å². The molecule has 0 bridgehead atoms. The van der Waals surface area contributed by atoms with E-state index in [1.54, 1.807) is 6.26 Å². The Balaban J connectivity index is 0.00000338. The fourth-order valence-corrected chi connectivity index (χ4v) is 2.16. The van der Waals surface area contributed by atoms with Crippen LogP contribution in [0.15, 0.2) is 46.0 Å². The van der Waals surface area contributed by atoms with Crippen LogP contribution in [-0.4, -0.2) is 37.2 Å². The molecule has 0 saturated carbocycles. The van der Waals surface area contributed by atoms with Crippen LogP contribution >= 0.6 is 24.0 Å². The molecule has 0 fully saturated rings. The standard InChI is InChI=1S/C19H28N4O2.HI/c1-4-20-19(21-10-11-24-13-15(2)3)22-12-17-14-25-18(23-17)16-8-6-5-7-9-16;/h5-9,14-15H,4,10-13H2,1-3H3,(H2,20,21,22);1H. The van der Waals surface area contributed by atoms with Crippen LogP contribution < -0.4 is 10.6 Å². The van der Waals surface area contributed by atoms with E-state index in [1.165, 1.54) is 0 Å². The second-order valence-corrected chi connectivity index (χ2v) is 6.10. The molecular weight excluding hydrogens is 443 g/mol. The molecule has 1 aromatic heterocycles. The quantitative estimate of drug-likeness (QED) is 0.252. The minimum absolute atomic E-state index is 0. The summed E-state index contributed by atoms with van der Waals surface area (Å²) in [6.07, 6.45) is 1.65. The number of benzene rings is 1. The summed E-state index contributed by atoms with van der Waals surface area (Å²) < 4.78 is 11.1. The number of aliphatic imine (C=N–C) groups is 1. The molecule has 1 aromatic carbocycles. The lowest BCUT2D eigenvalue weighted by molar-refractivity contribution is 0.114. The molecule has 0 aliphatic carbocycles. The van der Waals surface area contributed by atoms with Crippen LogP contribution in [0.1, 0.15) is 26.5 Å². The Morgan fingerprint density at radius 1 is 1.23 bits per heavy atom. The van der Waals surface area contributed by atoms with E-state index in [0.717, 1.165) is 30.4 Å². The third-order valence-corrected chi connectivity index (χ3v) is 3.31. The van der Waals surface area contributed by atoms with Crippen LogP contribution in [0.3, 0.4) is 0 Å². The number of nitrogens with one attached hydrogen (secondary N) is 2. The van der Waals surface area contributed by atoms with Crippen LogP contribution in [0.25, 0.3) is 11.5 Å². The Kier molecular flexibility index (Phi) is 11.0. The number of hydrogen-bond donors (Lipinski definition) is 2. The zero-order valence-electron chi connectivity index (χ0n) is 15.7. The number of hydrogen-bond acceptors (Lipinski definition) is 4. The highest BCUT2D eigenvalue weighted by Gasteiger charge is 2.06. The molecule has 1 heterocycles. The average Bonchev–Trinajstić information content (AvgIpc) is 3.09. The van der Waals surface area contributed by atoms with E-state index >= 15 is 0 Å². The van der Waals surface area contributed by atoms with Gasteiger partial charge in [0.1, 0.15) is 12.0 Å². The molecule has 0 saturated heterocycles. The van der Waals surface area contributed by atoms with Crippen molar-refractivity contribution in [3.05, 3.63) is 42.3 Å². The van der Waals surface area contributed by atoms with Crippen molar-refractivity contribution in [2.45, 2.75) is 27.3 Å². The minimum Gasteiger partial charge on any atom is -0.444 e.